The molecule has 13 rings (SSSR count). The minimum atomic E-state index is -1.12. The highest BCUT2D eigenvalue weighted by Gasteiger charge is 2.55. The fourth-order valence-electron chi connectivity index (χ4n) is 13.1. The third kappa shape index (κ3) is 20.7. The van der Waals surface area contributed by atoms with Crippen LogP contribution in [0.25, 0.3) is 26.5 Å². The van der Waals surface area contributed by atoms with Gasteiger partial charge in [0.2, 0.25) is 0 Å². The van der Waals surface area contributed by atoms with Crippen LogP contribution in [0.15, 0.2) is 200 Å². The lowest BCUT2D eigenvalue weighted by Gasteiger charge is -2.54. The predicted octanol–water partition coefficient (Wildman–Crippen LogP) is 28.0. The van der Waals surface area contributed by atoms with E-state index in [1.54, 1.807) is 71.1 Å². The van der Waals surface area contributed by atoms with Gasteiger partial charge in [-0.05, 0) is 328 Å². The molecule has 113 heavy (non-hydrogen) atoms. The highest BCUT2D eigenvalue weighted by atomic mass is 35.9. The molecule has 0 bridgehead atoms. The minimum Gasteiger partial charge on any atom is -0.497 e. The molecule has 1 aromatic heterocycles. The molecule has 0 radical (unpaired) electrons. The van der Waals surface area contributed by atoms with Gasteiger partial charge in [-0.1, -0.05) is 102 Å². The summed E-state index contributed by atoms with van der Waals surface area (Å²) in [5.74, 6) is 9.80. The average Bonchev–Trinajstić information content (AvgIpc) is 1.63. The molecule has 24 heteroatoms. The Bertz CT molecular complexity index is 5350. The number of ether oxygens (including phenoxy) is 11. The van der Waals surface area contributed by atoms with Crippen LogP contribution in [0.3, 0.4) is 0 Å². The van der Waals surface area contributed by atoms with E-state index >= 15 is 0 Å². The molecule has 0 N–H and O–H groups in total. The van der Waals surface area contributed by atoms with Gasteiger partial charge in [0.15, 0.2) is 0 Å². The molecule has 1 aliphatic heterocycles. The van der Waals surface area contributed by atoms with Crippen LogP contribution in [-0.2, 0) is 0 Å². The number of halogens is 2. The summed E-state index contributed by atoms with van der Waals surface area (Å²) in [6.45, 7) is 19.0. The molecule has 1 fully saturated rings. The number of hydrogen-bond donors (Lipinski definition) is 0. The van der Waals surface area contributed by atoms with E-state index in [2.05, 4.69) is 235 Å². The smallest absolute Gasteiger partial charge is 0.134 e. The molecule has 0 spiro atoms. The Labute approximate surface area is 693 Å². The van der Waals surface area contributed by atoms with Crippen LogP contribution in [0.1, 0.15) is 68.6 Å². The van der Waals surface area contributed by atoms with Crippen LogP contribution in [0.4, 0.5) is 0 Å². The molecule has 11 aromatic carbocycles. The zero-order valence-electron chi connectivity index (χ0n) is 67.8. The van der Waals surface area contributed by atoms with Gasteiger partial charge in [0.1, 0.15) is 69.9 Å². The highest BCUT2D eigenvalue weighted by Crippen LogP contribution is 3.18. The van der Waals surface area contributed by atoms with E-state index in [4.69, 9.17) is 74.6 Å². The lowest BCUT2D eigenvalue weighted by molar-refractivity contribution is 0.396. The number of rotatable bonds is 21. The van der Waals surface area contributed by atoms with E-state index in [1.807, 2.05) is 57.4 Å². The van der Waals surface area contributed by atoms with Crippen molar-refractivity contribution in [2.45, 2.75) is 83.6 Å². The number of hydrogen-bond acceptors (Lipinski definition) is 11. The summed E-state index contributed by atoms with van der Waals surface area (Å²) < 4.78 is 63.4. The van der Waals surface area contributed by atoms with Crippen LogP contribution in [0, 0.1) is 76.2 Å². The second-order valence-corrected chi connectivity index (χ2v) is 70.5. The summed E-state index contributed by atoms with van der Waals surface area (Å²) in [5, 5.41) is 14.7. The predicted molar refractivity (Wildman–Crippen MR) is 508 cm³/mol. The van der Waals surface area contributed by atoms with Gasteiger partial charge < -0.3 is 52.1 Å². The number of benzene rings is 11. The fraction of sp³-hybridized carbons (Fsp3) is 0.258. The van der Waals surface area contributed by atoms with Crippen LogP contribution in [0.2, 0.25) is 0 Å². The maximum absolute atomic E-state index is 6.31. The van der Waals surface area contributed by atoms with E-state index < -0.39 is 70.3 Å². The molecule has 1 aliphatic rings. The van der Waals surface area contributed by atoms with Crippen LogP contribution < -0.4 is 83.9 Å². The molecule has 1 saturated heterocycles. The fourth-order valence-corrected chi connectivity index (χ4v) is 120. The normalized spacial score (nSPS) is 14.7. The van der Waals surface area contributed by atoms with Crippen molar-refractivity contribution >= 4 is 134 Å². The van der Waals surface area contributed by atoms with Crippen molar-refractivity contribution in [1.29, 1.82) is 0 Å². The molecule has 11 nitrogen and oxygen atoms in total. The van der Waals surface area contributed by atoms with Gasteiger partial charge >= 0.3 is 0 Å². The lowest BCUT2D eigenvalue weighted by Crippen LogP contribution is -2.22. The Hall–Kier alpha value is -6.12. The maximum atomic E-state index is 6.31. The van der Waals surface area contributed by atoms with E-state index in [0.29, 0.717) is 0 Å². The Morgan fingerprint density at radius 1 is 0.230 bits per heavy atom. The number of aryl methyl sites for hydroxylation is 11. The van der Waals surface area contributed by atoms with Gasteiger partial charge in [-0.25, -0.2) is 0 Å². The zero-order chi connectivity index (χ0) is 80.9. The second kappa shape index (κ2) is 41.8. The van der Waals surface area contributed by atoms with Crippen molar-refractivity contribution < 1.29 is 52.1 Å². The summed E-state index contributed by atoms with van der Waals surface area (Å²) in [6.07, 6.45) is 0. The van der Waals surface area contributed by atoms with Crippen molar-refractivity contribution in [3.63, 3.8) is 0 Å². The van der Waals surface area contributed by atoms with Crippen molar-refractivity contribution in [2.75, 3.05) is 78.2 Å². The standard InChI is InChI=1S/C40H45O5P5.C32H36O4P4.C8H9Cl2OP.C8H11OP.CH4/c1-26-11-16-36(28(3)21-26)47-46(37-18-13-31(41-6)23-29(37)4)48(38-19-14-32(42-7)24-30(38)5)50(40-20-15-33(43-8)25-35(40)45-10)49(47)39-17-12-27(2)22-34(39)44-9;1-21-9-13-29(23(3)17-21)37-38(30-15-11-25(33-5)19-24(30)4)40(32-16-12-26(34-6)20-28(32)36-8)39(37)31-14-10-22(2)18-27(31)35-7;1-6-3-4-8(12(9)10)7(5-6)11-2;1-6-3-4-8(10)7(5-6)9-2;/h11-25H,1-10H3;9-20H,1-8H3;3-5H,1-2H3;3-5H,10H2,1-2H3;1H4. The molecule has 596 valence electrons. The third-order valence-electron chi connectivity index (χ3n) is 18.8. The summed E-state index contributed by atoms with van der Waals surface area (Å²) in [5.41, 5.74) is 14.0. The third-order valence-corrected chi connectivity index (χ3v) is 94.0. The van der Waals surface area contributed by atoms with E-state index in [-0.39, 0.29) is 7.43 Å². The van der Waals surface area contributed by atoms with Gasteiger partial charge in [-0.3, -0.25) is 0 Å². The molecule has 0 saturated carbocycles. The Morgan fingerprint density at radius 3 is 0.805 bits per heavy atom. The first-order valence-electron chi connectivity index (χ1n) is 36.0. The van der Waals surface area contributed by atoms with Gasteiger partial charge in [0, 0.05) is 59.9 Å². The quantitative estimate of drug-likeness (QED) is 0.0643. The van der Waals surface area contributed by atoms with Gasteiger partial charge in [0.25, 0.3) is 0 Å². The van der Waals surface area contributed by atoms with Gasteiger partial charge in [-0.15, -0.1) is 9.24 Å². The number of methoxy groups -OCH3 is 11. The van der Waals surface area contributed by atoms with Crippen molar-refractivity contribution in [1.82, 2.24) is 0 Å². The van der Waals surface area contributed by atoms with Crippen molar-refractivity contribution in [3.05, 3.63) is 261 Å². The molecule has 0 amide bonds. The average molecular weight is 1760 g/mol. The summed E-state index contributed by atoms with van der Waals surface area (Å²) >= 11 is 11.6. The first kappa shape index (κ1) is 90.8. The SMILES string of the molecule is C.COc1cc(C)ccc1P.COc1cc(C)ccc1P(Cl)Cl.COc1ccc(-p2p(-c3ccc(C)cc3C)p(-c3ccc(C)cc3OC)p(-c3ccc(OC)cc3OC)p2-c2ccc(OC)cc2C)c(C)c1.COc1ccc(P2P(c3ccc(C)cc3C)P(c3ccc(C)cc3OC)P2c2ccc(OC)cc2OC)c(C)c1. The topological polar surface area (TPSA) is 102 Å². The highest BCUT2D eigenvalue weighted by molar-refractivity contribution is 9.13. The van der Waals surface area contributed by atoms with E-state index in [0.717, 1.165) is 79.4 Å². The molecule has 2 heterocycles. The Balaban J connectivity index is 0.000000205. The maximum Gasteiger partial charge on any atom is 0.134 e. The van der Waals surface area contributed by atoms with Crippen LogP contribution >= 0.6 is 102 Å². The zero-order valence-corrected chi connectivity index (χ0v) is 79.5. The van der Waals surface area contributed by atoms with Crippen LogP contribution in [-0.4, -0.2) is 78.2 Å². The Morgan fingerprint density at radius 2 is 0.460 bits per heavy atom. The van der Waals surface area contributed by atoms with Crippen LogP contribution in [0.5, 0.6) is 63.2 Å². The lowest BCUT2D eigenvalue weighted by atomic mass is 10.2. The molecule has 10 unspecified atom stereocenters. The molecule has 12 aromatic rings. The summed E-state index contributed by atoms with van der Waals surface area (Å²) in [7, 11) is 19.6. The van der Waals surface area contributed by atoms with Crippen molar-refractivity contribution in [2.24, 2.45) is 0 Å². The van der Waals surface area contributed by atoms with Gasteiger partial charge in [0.05, 0.1) is 78.2 Å². The summed E-state index contributed by atoms with van der Waals surface area (Å²) in [4.78, 5) is 0. The first-order chi connectivity index (χ1) is 53.8. The van der Waals surface area contributed by atoms with E-state index in [1.165, 1.54) is 103 Å². The monoisotopic (exact) mass is 1760 g/mol. The van der Waals surface area contributed by atoms with E-state index in [9.17, 15) is 0 Å². The van der Waals surface area contributed by atoms with Crippen molar-refractivity contribution in [3.8, 4) is 89.8 Å². The largest absolute Gasteiger partial charge is 0.497 e. The van der Waals surface area contributed by atoms with Gasteiger partial charge in [-0.2, -0.15) is 0 Å². The second-order valence-electron chi connectivity index (χ2n) is 26.7. The molecular weight excluding hydrogens is 1660 g/mol. The molecular formula is C89H105Cl2O11P11. The first-order valence-corrected chi connectivity index (χ1v) is 58.2. The minimum absolute atomic E-state index is 0. The summed E-state index contributed by atoms with van der Waals surface area (Å²) in [6, 6.07) is 72.7. The molecule has 10 atom stereocenters. The molecule has 0 aliphatic carbocycles. The Kier molecular flexibility index (Phi) is 33.6.